The van der Waals surface area contributed by atoms with E-state index in [1.54, 1.807) is 10.8 Å². The van der Waals surface area contributed by atoms with E-state index in [4.69, 9.17) is 4.99 Å². The Balaban J connectivity index is 0.00000289. The standard InChI is InChI=1S/C11H24N4S2.ClH/c1-9(13(2)3)7-8-15(6)11-12-10(14(4)5)16-17-11;/h9-10H,7-8H2,1-6H3;1H. The first-order valence-electron chi connectivity index (χ1n) is 5.87. The fourth-order valence-corrected chi connectivity index (χ4v) is 3.91. The Hall–Kier alpha value is 0.380. The SMILES string of the molecule is CC(CCN(C)C1=NC(N(C)C)SS1)N(C)C.Cl. The summed E-state index contributed by atoms with van der Waals surface area (Å²) in [6.07, 6.45) is 1.17. The van der Waals surface area contributed by atoms with Gasteiger partial charge in [-0.3, -0.25) is 4.90 Å². The van der Waals surface area contributed by atoms with Crippen molar-refractivity contribution < 1.29 is 0 Å². The molecule has 0 saturated heterocycles. The van der Waals surface area contributed by atoms with E-state index < -0.39 is 0 Å². The second-order valence-corrected chi connectivity index (χ2v) is 7.13. The van der Waals surface area contributed by atoms with Crippen LogP contribution in [0.3, 0.4) is 0 Å². The zero-order chi connectivity index (χ0) is 13.0. The van der Waals surface area contributed by atoms with Crippen molar-refractivity contribution in [2.75, 3.05) is 41.8 Å². The molecule has 2 unspecified atom stereocenters. The number of halogens is 1. The zero-order valence-electron chi connectivity index (χ0n) is 12.1. The first-order chi connectivity index (χ1) is 7.91. The number of rotatable bonds is 5. The lowest BCUT2D eigenvalue weighted by Crippen LogP contribution is -2.32. The molecular weight excluding hydrogens is 288 g/mol. The van der Waals surface area contributed by atoms with Gasteiger partial charge in [0.25, 0.3) is 0 Å². The summed E-state index contributed by atoms with van der Waals surface area (Å²) >= 11 is 0. The molecule has 1 heterocycles. The minimum atomic E-state index is 0. The molecule has 0 saturated carbocycles. The molecule has 0 bridgehead atoms. The molecule has 0 radical (unpaired) electrons. The lowest BCUT2D eigenvalue weighted by Gasteiger charge is -2.24. The summed E-state index contributed by atoms with van der Waals surface area (Å²) in [7, 11) is 14.1. The molecule has 2 atom stereocenters. The number of nitrogens with zero attached hydrogens (tertiary/aromatic N) is 4. The summed E-state index contributed by atoms with van der Waals surface area (Å²) in [5, 5.41) is 1.15. The van der Waals surface area contributed by atoms with Crippen LogP contribution in [0.25, 0.3) is 0 Å². The van der Waals surface area contributed by atoms with Gasteiger partial charge in [0.2, 0.25) is 0 Å². The molecule has 0 fully saturated rings. The summed E-state index contributed by atoms with van der Waals surface area (Å²) < 4.78 is 0. The van der Waals surface area contributed by atoms with Gasteiger partial charge < -0.3 is 9.80 Å². The highest BCUT2D eigenvalue weighted by Gasteiger charge is 2.23. The van der Waals surface area contributed by atoms with Gasteiger partial charge in [-0.25, -0.2) is 4.99 Å². The molecule has 1 rings (SSSR count). The lowest BCUT2D eigenvalue weighted by atomic mass is 10.2. The maximum absolute atomic E-state index is 4.69. The predicted octanol–water partition coefficient (Wildman–Crippen LogP) is 2.28. The third-order valence-corrected chi connectivity index (χ3v) is 5.58. The summed E-state index contributed by atoms with van der Waals surface area (Å²) in [4.78, 5) is 11.4. The Bertz CT molecular complexity index is 274. The van der Waals surface area contributed by atoms with Gasteiger partial charge in [-0.15, -0.1) is 12.4 Å². The second-order valence-electron chi connectivity index (χ2n) is 4.90. The summed E-state index contributed by atoms with van der Waals surface area (Å²) in [6, 6.07) is 0.613. The normalized spacial score (nSPS) is 20.9. The van der Waals surface area contributed by atoms with E-state index >= 15 is 0 Å². The monoisotopic (exact) mass is 312 g/mol. The highest BCUT2D eigenvalue weighted by molar-refractivity contribution is 8.82. The Labute approximate surface area is 125 Å². The average Bonchev–Trinajstić information content (AvgIpc) is 2.74. The minimum absolute atomic E-state index is 0. The molecule has 0 amide bonds. The van der Waals surface area contributed by atoms with E-state index in [0.29, 0.717) is 6.04 Å². The average molecular weight is 313 g/mol. The zero-order valence-corrected chi connectivity index (χ0v) is 14.5. The molecule has 0 aliphatic carbocycles. The molecule has 108 valence electrons. The quantitative estimate of drug-likeness (QED) is 0.724. The van der Waals surface area contributed by atoms with Crippen LogP contribution in [0.15, 0.2) is 4.99 Å². The first-order valence-corrected chi connectivity index (χ1v) is 8.08. The van der Waals surface area contributed by atoms with Crippen molar-refractivity contribution in [3.8, 4) is 0 Å². The molecule has 4 nitrogen and oxygen atoms in total. The lowest BCUT2D eigenvalue weighted by molar-refractivity contribution is 0.281. The van der Waals surface area contributed by atoms with Crippen molar-refractivity contribution in [2.45, 2.75) is 24.9 Å². The van der Waals surface area contributed by atoms with Crippen LogP contribution in [-0.2, 0) is 0 Å². The van der Waals surface area contributed by atoms with Crippen LogP contribution >= 0.6 is 34.0 Å². The van der Waals surface area contributed by atoms with Crippen LogP contribution in [0.5, 0.6) is 0 Å². The van der Waals surface area contributed by atoms with Gasteiger partial charge >= 0.3 is 0 Å². The number of hydrogen-bond acceptors (Lipinski definition) is 6. The Kier molecular flexibility index (Phi) is 8.71. The highest BCUT2D eigenvalue weighted by atomic mass is 35.5. The molecule has 0 spiro atoms. The first kappa shape index (κ1) is 18.4. The van der Waals surface area contributed by atoms with Crippen LogP contribution < -0.4 is 0 Å². The Morgan fingerprint density at radius 3 is 2.28 bits per heavy atom. The molecule has 7 heteroatoms. The van der Waals surface area contributed by atoms with Gasteiger partial charge in [-0.1, -0.05) is 0 Å². The van der Waals surface area contributed by atoms with Crippen molar-refractivity contribution in [3.05, 3.63) is 0 Å². The summed E-state index contributed by atoms with van der Waals surface area (Å²) in [6.45, 7) is 3.32. The molecule has 1 aliphatic rings. The van der Waals surface area contributed by atoms with E-state index in [9.17, 15) is 0 Å². The largest absolute Gasteiger partial charge is 0.354 e. The number of aliphatic imine (C=N–C) groups is 1. The molecule has 18 heavy (non-hydrogen) atoms. The van der Waals surface area contributed by atoms with Crippen LogP contribution in [0.4, 0.5) is 0 Å². The van der Waals surface area contributed by atoms with E-state index in [1.165, 1.54) is 6.42 Å². The van der Waals surface area contributed by atoms with Crippen molar-refractivity contribution >= 4 is 39.2 Å². The van der Waals surface area contributed by atoms with Crippen molar-refractivity contribution in [3.63, 3.8) is 0 Å². The minimum Gasteiger partial charge on any atom is -0.354 e. The van der Waals surface area contributed by atoms with Crippen LogP contribution in [0.2, 0.25) is 0 Å². The Morgan fingerprint density at radius 2 is 1.83 bits per heavy atom. The van der Waals surface area contributed by atoms with E-state index in [0.717, 1.165) is 11.7 Å². The van der Waals surface area contributed by atoms with Gasteiger partial charge in [-0.2, -0.15) is 0 Å². The molecule has 1 aliphatic heterocycles. The van der Waals surface area contributed by atoms with Gasteiger partial charge in [0.1, 0.15) is 0 Å². The third-order valence-electron chi connectivity index (χ3n) is 2.96. The summed E-state index contributed by atoms with van der Waals surface area (Å²) in [5.74, 6) is 0. The van der Waals surface area contributed by atoms with Crippen LogP contribution in [0.1, 0.15) is 13.3 Å². The van der Waals surface area contributed by atoms with E-state index in [1.807, 2.05) is 10.8 Å². The van der Waals surface area contributed by atoms with E-state index in [2.05, 4.69) is 56.9 Å². The van der Waals surface area contributed by atoms with Crippen molar-refractivity contribution in [1.82, 2.24) is 14.7 Å². The van der Waals surface area contributed by atoms with Crippen molar-refractivity contribution in [1.29, 1.82) is 0 Å². The number of amidine groups is 1. The topological polar surface area (TPSA) is 22.1 Å². The van der Waals surface area contributed by atoms with Crippen molar-refractivity contribution in [2.24, 2.45) is 4.99 Å². The molecule has 0 aromatic heterocycles. The van der Waals surface area contributed by atoms with Crippen LogP contribution in [-0.4, -0.2) is 73.2 Å². The van der Waals surface area contributed by atoms with Gasteiger partial charge in [0.15, 0.2) is 10.7 Å². The molecule has 0 N–H and O–H groups in total. The fraction of sp³-hybridized carbons (Fsp3) is 0.909. The maximum atomic E-state index is 4.69. The Morgan fingerprint density at radius 1 is 1.22 bits per heavy atom. The van der Waals surface area contributed by atoms with E-state index in [-0.39, 0.29) is 17.9 Å². The number of hydrogen-bond donors (Lipinski definition) is 0. The molecule has 0 aromatic carbocycles. The van der Waals surface area contributed by atoms with Gasteiger partial charge in [0.05, 0.1) is 0 Å². The summed E-state index contributed by atoms with van der Waals surface area (Å²) in [5.41, 5.74) is 0.267. The smallest absolute Gasteiger partial charge is 0.172 e. The van der Waals surface area contributed by atoms with Crippen LogP contribution in [0, 0.1) is 0 Å². The third kappa shape index (κ3) is 5.57. The highest BCUT2D eigenvalue weighted by Crippen LogP contribution is 2.37. The molecule has 0 aromatic rings. The predicted molar refractivity (Wildman–Crippen MR) is 87.7 cm³/mol. The van der Waals surface area contributed by atoms with Gasteiger partial charge in [-0.05, 0) is 63.1 Å². The fourth-order valence-electron chi connectivity index (χ4n) is 1.32. The maximum Gasteiger partial charge on any atom is 0.172 e. The molecular formula is C11H25ClN4S2. The van der Waals surface area contributed by atoms with Gasteiger partial charge in [0, 0.05) is 19.6 Å². The second kappa shape index (κ2) is 8.53.